The second kappa shape index (κ2) is 3.63. The van der Waals surface area contributed by atoms with Crippen molar-refractivity contribution in [3.63, 3.8) is 0 Å². The summed E-state index contributed by atoms with van der Waals surface area (Å²) in [5, 5.41) is 0. The van der Waals surface area contributed by atoms with E-state index in [1.807, 2.05) is 39.0 Å². The van der Waals surface area contributed by atoms with Crippen molar-refractivity contribution in [1.82, 2.24) is 9.71 Å². The Morgan fingerprint density at radius 3 is 2.88 bits per heavy atom. The quantitative estimate of drug-likeness (QED) is 0.738. The highest BCUT2D eigenvalue weighted by molar-refractivity contribution is 5.79. The van der Waals surface area contributed by atoms with Gasteiger partial charge in [0.25, 0.3) is 0 Å². The third-order valence-corrected chi connectivity index (χ3v) is 2.22. The van der Waals surface area contributed by atoms with E-state index in [0.29, 0.717) is 0 Å². The van der Waals surface area contributed by atoms with Crippen LogP contribution in [-0.2, 0) is 4.79 Å². The number of hydrogen-bond donors (Lipinski definition) is 0. The van der Waals surface area contributed by atoms with Gasteiger partial charge in [0.2, 0.25) is 0 Å². The van der Waals surface area contributed by atoms with Crippen molar-refractivity contribution in [3.8, 4) is 0 Å². The van der Waals surface area contributed by atoms with Gasteiger partial charge in [0.15, 0.2) is 0 Å². The van der Waals surface area contributed by atoms with Crippen LogP contribution >= 0.6 is 0 Å². The lowest BCUT2D eigenvalue weighted by Crippen LogP contribution is -2.30. The van der Waals surface area contributed by atoms with Crippen molar-refractivity contribution >= 4 is 17.0 Å². The molecule has 0 aliphatic rings. The number of aromatic nitrogens is 2. The highest BCUT2D eigenvalue weighted by Gasteiger charge is 2.24. The molecule has 84 valence electrons. The Labute approximate surface area is 95.3 Å². The third kappa shape index (κ3) is 1.91. The third-order valence-electron chi connectivity index (χ3n) is 2.22. The van der Waals surface area contributed by atoms with Crippen molar-refractivity contribution in [2.45, 2.75) is 20.8 Å². The van der Waals surface area contributed by atoms with E-state index < -0.39 is 5.41 Å². The van der Waals surface area contributed by atoms with Crippen LogP contribution < -0.4 is 4.84 Å². The molecule has 16 heavy (non-hydrogen) atoms. The molecule has 0 atom stereocenters. The number of pyridine rings is 1. The summed E-state index contributed by atoms with van der Waals surface area (Å²) in [4.78, 5) is 21.1. The van der Waals surface area contributed by atoms with E-state index in [0.717, 1.165) is 11.0 Å². The molecule has 0 N–H and O–H groups in total. The van der Waals surface area contributed by atoms with Crippen LogP contribution in [0.15, 0.2) is 30.6 Å². The van der Waals surface area contributed by atoms with Gasteiger partial charge in [-0.1, -0.05) is 0 Å². The first-order valence-electron chi connectivity index (χ1n) is 5.13. The summed E-state index contributed by atoms with van der Waals surface area (Å²) in [6.07, 6.45) is 3.40. The molecule has 0 spiro atoms. The number of carbonyl (C=O) groups excluding carboxylic acids is 1. The summed E-state index contributed by atoms with van der Waals surface area (Å²) in [6.45, 7) is 5.46. The highest BCUT2D eigenvalue weighted by Crippen LogP contribution is 2.16. The molecule has 4 nitrogen and oxygen atoms in total. The first-order chi connectivity index (χ1) is 7.48. The van der Waals surface area contributed by atoms with Gasteiger partial charge in [0, 0.05) is 12.4 Å². The van der Waals surface area contributed by atoms with Crippen LogP contribution in [0.5, 0.6) is 0 Å². The predicted molar refractivity (Wildman–Crippen MR) is 61.9 cm³/mol. The molecule has 0 radical (unpaired) electrons. The molecule has 4 heteroatoms. The molecule has 0 saturated carbocycles. The molecular weight excluding hydrogens is 204 g/mol. The lowest BCUT2D eigenvalue weighted by atomic mass is 9.98. The van der Waals surface area contributed by atoms with Gasteiger partial charge < -0.3 is 4.84 Å². The van der Waals surface area contributed by atoms with Crippen LogP contribution in [-0.4, -0.2) is 15.7 Å². The maximum absolute atomic E-state index is 11.7. The van der Waals surface area contributed by atoms with Crippen molar-refractivity contribution < 1.29 is 11.1 Å². The molecule has 0 fully saturated rings. The maximum Gasteiger partial charge on any atom is 1.00 e. The SMILES string of the molecule is CC(C)(C)C(=O)On1ccc2ncccc21.[H+]. The number of carbonyl (C=O) groups is 1. The van der Waals surface area contributed by atoms with Gasteiger partial charge in [0.05, 0.1) is 10.9 Å². The molecule has 2 rings (SSSR count). The minimum absolute atomic E-state index is 0. The fraction of sp³-hybridized carbons (Fsp3) is 0.333. The summed E-state index contributed by atoms with van der Waals surface area (Å²) in [7, 11) is 0. The predicted octanol–water partition coefficient (Wildman–Crippen LogP) is 2.15. The molecule has 0 bridgehead atoms. The molecule has 0 aromatic carbocycles. The van der Waals surface area contributed by atoms with Crippen molar-refractivity contribution in [2.75, 3.05) is 0 Å². The van der Waals surface area contributed by atoms with Crippen LogP contribution in [0.25, 0.3) is 11.0 Å². The molecular formula is C12H15N2O2+. The normalized spacial score (nSPS) is 11.7. The van der Waals surface area contributed by atoms with E-state index in [1.165, 1.54) is 4.73 Å². The minimum atomic E-state index is -0.515. The Bertz CT molecular complexity index is 529. The highest BCUT2D eigenvalue weighted by atomic mass is 16.7. The Hall–Kier alpha value is -1.84. The van der Waals surface area contributed by atoms with E-state index in [4.69, 9.17) is 4.84 Å². The Morgan fingerprint density at radius 1 is 1.44 bits per heavy atom. The van der Waals surface area contributed by atoms with Crippen molar-refractivity contribution in [1.29, 1.82) is 0 Å². The molecule has 0 saturated heterocycles. The smallest absolute Gasteiger partial charge is 0.336 e. The first kappa shape index (κ1) is 10.7. The van der Waals surface area contributed by atoms with Gasteiger partial charge in [-0.2, -0.15) is 4.73 Å². The molecule has 2 aromatic heterocycles. The Morgan fingerprint density at radius 2 is 2.19 bits per heavy atom. The lowest BCUT2D eigenvalue weighted by Gasteiger charge is -2.16. The monoisotopic (exact) mass is 219 g/mol. The van der Waals surface area contributed by atoms with Crippen LogP contribution in [0.2, 0.25) is 0 Å². The largest absolute Gasteiger partial charge is 1.00 e. The summed E-state index contributed by atoms with van der Waals surface area (Å²) in [5.41, 5.74) is 1.09. The standard InChI is InChI=1S/C12H14N2O2/c1-12(2,3)11(15)16-14-8-6-9-10(14)5-4-7-13-9/h4-8H,1-3H3/p+1. The fourth-order valence-corrected chi connectivity index (χ4v) is 1.25. The van der Waals surface area contributed by atoms with E-state index in [1.54, 1.807) is 12.4 Å². The number of fused-ring (bicyclic) bond motifs is 1. The van der Waals surface area contributed by atoms with Gasteiger partial charge in [-0.3, -0.25) is 4.98 Å². The topological polar surface area (TPSA) is 44.1 Å². The summed E-state index contributed by atoms with van der Waals surface area (Å²) >= 11 is 0. The van der Waals surface area contributed by atoms with Crippen LogP contribution in [0.3, 0.4) is 0 Å². The van der Waals surface area contributed by atoms with Crippen LogP contribution in [0, 0.1) is 5.41 Å². The number of hydrogen-bond acceptors (Lipinski definition) is 3. The summed E-state index contributed by atoms with van der Waals surface area (Å²) in [5.74, 6) is -0.270. The fourth-order valence-electron chi connectivity index (χ4n) is 1.25. The van der Waals surface area contributed by atoms with E-state index in [-0.39, 0.29) is 7.40 Å². The van der Waals surface area contributed by atoms with Crippen molar-refractivity contribution in [2.24, 2.45) is 5.41 Å². The molecule has 2 heterocycles. The van der Waals surface area contributed by atoms with Crippen LogP contribution in [0.1, 0.15) is 22.2 Å². The van der Waals surface area contributed by atoms with Gasteiger partial charge >= 0.3 is 7.40 Å². The zero-order valence-corrected chi connectivity index (χ0v) is 9.60. The van der Waals surface area contributed by atoms with Gasteiger partial charge in [0.1, 0.15) is 5.52 Å². The maximum atomic E-state index is 11.7. The molecule has 2 aromatic rings. The van der Waals surface area contributed by atoms with E-state index in [2.05, 4.69) is 4.98 Å². The average Bonchev–Trinajstić information content (AvgIpc) is 2.61. The molecule has 0 amide bonds. The first-order valence-corrected chi connectivity index (χ1v) is 5.13. The van der Waals surface area contributed by atoms with Gasteiger partial charge in [-0.15, -0.1) is 0 Å². The lowest BCUT2D eigenvalue weighted by molar-refractivity contribution is -0.152. The Balaban J connectivity index is 0.00000144. The zero-order chi connectivity index (χ0) is 11.8. The van der Waals surface area contributed by atoms with E-state index >= 15 is 0 Å². The van der Waals surface area contributed by atoms with Gasteiger partial charge in [-0.05, 0) is 39.0 Å². The second-order valence-corrected chi connectivity index (χ2v) is 4.68. The molecule has 0 aliphatic heterocycles. The zero-order valence-electron chi connectivity index (χ0n) is 10.6. The van der Waals surface area contributed by atoms with Crippen LogP contribution in [0.4, 0.5) is 0 Å². The number of nitrogens with zero attached hydrogens (tertiary/aromatic N) is 2. The summed E-state index contributed by atoms with van der Waals surface area (Å²) in [6, 6.07) is 5.48. The second-order valence-electron chi connectivity index (χ2n) is 4.68. The minimum Gasteiger partial charge on any atom is -0.336 e. The Kier molecular flexibility index (Phi) is 2.42. The average molecular weight is 219 g/mol. The number of rotatable bonds is 1. The van der Waals surface area contributed by atoms with Gasteiger partial charge in [-0.25, -0.2) is 4.79 Å². The van der Waals surface area contributed by atoms with Crippen molar-refractivity contribution in [3.05, 3.63) is 30.6 Å². The van der Waals surface area contributed by atoms with E-state index in [9.17, 15) is 4.79 Å². The molecule has 0 aliphatic carbocycles. The molecule has 0 unspecified atom stereocenters. The summed E-state index contributed by atoms with van der Waals surface area (Å²) < 4.78 is 1.45.